The van der Waals surface area contributed by atoms with Crippen molar-refractivity contribution in [2.75, 3.05) is 12.3 Å². The van der Waals surface area contributed by atoms with Gasteiger partial charge in [0.25, 0.3) is 0 Å². The molecule has 2 bridgehead atoms. The fourth-order valence-electron chi connectivity index (χ4n) is 6.04. The second-order valence-electron chi connectivity index (χ2n) is 9.93. The Hall–Kier alpha value is -4.12. The molecule has 1 amide bonds. The molecule has 3 N–H and O–H groups in total. The number of carbonyl (C=O) groups is 2. The summed E-state index contributed by atoms with van der Waals surface area (Å²) >= 11 is 0. The van der Waals surface area contributed by atoms with Crippen molar-refractivity contribution in [2.24, 2.45) is 7.05 Å². The van der Waals surface area contributed by atoms with Crippen molar-refractivity contribution in [2.45, 2.75) is 50.6 Å². The molecule has 4 aromatic rings. The fraction of sp³-hybridized carbons (Fsp3) is 0.385. The van der Waals surface area contributed by atoms with Crippen LogP contribution in [0.15, 0.2) is 36.8 Å². The number of nitrogens with two attached hydrogens (primary N) is 1. The van der Waals surface area contributed by atoms with Crippen LogP contribution in [0.2, 0.25) is 0 Å². The minimum Gasteiger partial charge on any atom is -0.387 e. The van der Waals surface area contributed by atoms with Crippen molar-refractivity contribution in [3.63, 3.8) is 0 Å². The van der Waals surface area contributed by atoms with Gasteiger partial charge in [0.15, 0.2) is 11.4 Å². The van der Waals surface area contributed by atoms with E-state index in [2.05, 4.69) is 15.2 Å². The van der Waals surface area contributed by atoms with Crippen LogP contribution < -0.4 is 5.73 Å². The number of nitrogens with zero attached hydrogens (tertiary/aromatic N) is 7. The highest BCUT2D eigenvalue weighted by Crippen LogP contribution is 2.44. The van der Waals surface area contributed by atoms with Gasteiger partial charge in [0.1, 0.15) is 18.1 Å². The minimum atomic E-state index is -0.486. The molecule has 11 nitrogen and oxygen atoms in total. The molecule has 2 aliphatic rings. The third kappa shape index (κ3) is 3.77. The first kappa shape index (κ1) is 23.3. The standard InChI is InChI=1S/C26H28N8O3/c1-14(36)23-24(16-9-17-4-5-18(10-16)33(17)22(37)13-35)30-26-19(12-29-34(26)25(23)27)15-3-6-20(28-11-15)21-7-8-32(2)31-21/h3,6-8,11-12,16-18,35H,4-5,9-10,13,27H2,1-2H3/t16?,17-,18?/m1/s1. The molecule has 37 heavy (non-hydrogen) atoms. The summed E-state index contributed by atoms with van der Waals surface area (Å²) in [7, 11) is 1.86. The number of aromatic nitrogens is 6. The number of aryl methyl sites for hydroxylation is 1. The second-order valence-corrected chi connectivity index (χ2v) is 9.93. The number of pyridine rings is 1. The Kier molecular flexibility index (Phi) is 5.52. The first-order chi connectivity index (χ1) is 17.9. The summed E-state index contributed by atoms with van der Waals surface area (Å²) in [6, 6.07) is 5.80. The van der Waals surface area contributed by atoms with Gasteiger partial charge < -0.3 is 15.7 Å². The number of ketones is 1. The molecule has 2 unspecified atom stereocenters. The Morgan fingerprint density at radius 2 is 1.86 bits per heavy atom. The Bertz CT molecular complexity index is 1510. The van der Waals surface area contributed by atoms with Crippen LogP contribution in [0, 0.1) is 0 Å². The molecule has 0 radical (unpaired) electrons. The predicted molar refractivity (Wildman–Crippen MR) is 136 cm³/mol. The molecule has 4 aromatic heterocycles. The minimum absolute atomic E-state index is 0.0233. The molecule has 0 spiro atoms. The number of hydrogen-bond acceptors (Lipinski definition) is 8. The van der Waals surface area contributed by atoms with Gasteiger partial charge in [-0.05, 0) is 44.7 Å². The van der Waals surface area contributed by atoms with E-state index >= 15 is 0 Å². The summed E-state index contributed by atoms with van der Waals surface area (Å²) in [6.07, 6.45) is 8.43. The normalized spacial score (nSPS) is 21.1. The molecule has 2 saturated heterocycles. The molecular weight excluding hydrogens is 472 g/mol. The number of piperidine rings is 1. The summed E-state index contributed by atoms with van der Waals surface area (Å²) in [5.74, 6) is -0.168. The smallest absolute Gasteiger partial charge is 0.248 e. The number of Topliss-reactive ketones (excluding diaryl/α,β-unsaturated/α-hetero) is 1. The molecule has 6 rings (SSSR count). The van der Waals surface area contributed by atoms with Crippen LogP contribution in [0.1, 0.15) is 54.6 Å². The first-order valence-corrected chi connectivity index (χ1v) is 12.4. The highest BCUT2D eigenvalue weighted by atomic mass is 16.3. The van der Waals surface area contributed by atoms with E-state index < -0.39 is 6.61 Å². The van der Waals surface area contributed by atoms with E-state index in [-0.39, 0.29) is 35.5 Å². The zero-order valence-corrected chi connectivity index (χ0v) is 20.7. The number of carbonyl (C=O) groups excluding carboxylic acids is 2. The van der Waals surface area contributed by atoms with Gasteiger partial charge in [-0.25, -0.2) is 4.98 Å². The number of amides is 1. The molecule has 2 aliphatic heterocycles. The van der Waals surface area contributed by atoms with Crippen molar-refractivity contribution in [1.29, 1.82) is 0 Å². The van der Waals surface area contributed by atoms with E-state index in [1.54, 1.807) is 17.1 Å². The number of rotatable bonds is 5. The molecule has 0 aromatic carbocycles. The first-order valence-electron chi connectivity index (χ1n) is 12.4. The lowest BCUT2D eigenvalue weighted by molar-refractivity contribution is -0.138. The van der Waals surface area contributed by atoms with Crippen LogP contribution in [0.4, 0.5) is 5.82 Å². The summed E-state index contributed by atoms with van der Waals surface area (Å²) < 4.78 is 3.24. The van der Waals surface area contributed by atoms with Gasteiger partial charge in [-0.2, -0.15) is 14.7 Å². The average molecular weight is 501 g/mol. The Labute approximate surface area is 212 Å². The lowest BCUT2D eigenvalue weighted by Crippen LogP contribution is -2.47. The molecule has 3 atom stereocenters. The third-order valence-corrected chi connectivity index (χ3v) is 7.66. The number of anilines is 1. The van der Waals surface area contributed by atoms with Crippen LogP contribution >= 0.6 is 0 Å². The van der Waals surface area contributed by atoms with Crippen molar-refractivity contribution >= 4 is 23.2 Å². The van der Waals surface area contributed by atoms with E-state index in [4.69, 9.17) is 10.7 Å². The Morgan fingerprint density at radius 3 is 2.46 bits per heavy atom. The summed E-state index contributed by atoms with van der Waals surface area (Å²) in [5, 5.41) is 18.3. The van der Waals surface area contributed by atoms with Crippen LogP contribution in [0.3, 0.4) is 0 Å². The van der Waals surface area contributed by atoms with Crippen LogP contribution in [0.25, 0.3) is 28.2 Å². The third-order valence-electron chi connectivity index (χ3n) is 7.66. The highest BCUT2D eigenvalue weighted by molar-refractivity contribution is 6.00. The average Bonchev–Trinajstić information content (AvgIpc) is 3.59. The molecule has 11 heteroatoms. The van der Waals surface area contributed by atoms with Gasteiger partial charge in [0.05, 0.1) is 23.1 Å². The van der Waals surface area contributed by atoms with Gasteiger partial charge in [-0.1, -0.05) is 6.07 Å². The number of nitrogen functional groups attached to an aromatic ring is 1. The molecule has 0 saturated carbocycles. The van der Waals surface area contributed by atoms with Gasteiger partial charge in [0.2, 0.25) is 5.91 Å². The van der Waals surface area contributed by atoms with Gasteiger partial charge in [-0.15, -0.1) is 0 Å². The van der Waals surface area contributed by atoms with Crippen molar-refractivity contribution in [3.8, 4) is 22.5 Å². The maximum absolute atomic E-state index is 12.7. The number of hydrogen-bond donors (Lipinski definition) is 2. The molecule has 190 valence electrons. The van der Waals surface area contributed by atoms with Crippen molar-refractivity contribution < 1.29 is 14.7 Å². The van der Waals surface area contributed by atoms with E-state index in [0.717, 1.165) is 35.4 Å². The monoisotopic (exact) mass is 500 g/mol. The molecule has 6 heterocycles. The summed E-state index contributed by atoms with van der Waals surface area (Å²) in [5.41, 5.74) is 11.3. The van der Waals surface area contributed by atoms with Gasteiger partial charge in [-0.3, -0.25) is 19.3 Å². The summed E-state index contributed by atoms with van der Waals surface area (Å²) in [4.78, 5) is 36.5. The second kappa shape index (κ2) is 8.77. The van der Waals surface area contributed by atoms with Crippen LogP contribution in [-0.4, -0.2) is 69.7 Å². The van der Waals surface area contributed by atoms with Crippen LogP contribution in [-0.2, 0) is 11.8 Å². The van der Waals surface area contributed by atoms with Crippen molar-refractivity contribution in [1.82, 2.24) is 34.3 Å². The quantitative estimate of drug-likeness (QED) is 0.397. The maximum Gasteiger partial charge on any atom is 0.248 e. The fourth-order valence-corrected chi connectivity index (χ4v) is 6.04. The zero-order valence-electron chi connectivity index (χ0n) is 20.7. The van der Waals surface area contributed by atoms with Gasteiger partial charge in [0, 0.05) is 48.6 Å². The number of aliphatic hydroxyl groups is 1. The Balaban J connectivity index is 1.41. The molecule has 0 aliphatic carbocycles. The van der Waals surface area contributed by atoms with E-state index in [0.29, 0.717) is 29.7 Å². The zero-order chi connectivity index (χ0) is 25.8. The van der Waals surface area contributed by atoms with Gasteiger partial charge >= 0.3 is 0 Å². The maximum atomic E-state index is 12.7. The number of aliphatic hydroxyl groups excluding tert-OH is 1. The lowest BCUT2D eigenvalue weighted by atomic mass is 9.85. The largest absolute Gasteiger partial charge is 0.387 e. The summed E-state index contributed by atoms with van der Waals surface area (Å²) in [6.45, 7) is 1.01. The topological polar surface area (TPSA) is 145 Å². The SMILES string of the molecule is CC(=O)c1c(C2CC3CC[C@H](C2)N3C(=O)CO)nc2c(-c3ccc(-c4ccn(C)n4)nc3)cnn2c1N. The highest BCUT2D eigenvalue weighted by Gasteiger charge is 2.44. The van der Waals surface area contributed by atoms with Crippen LogP contribution in [0.5, 0.6) is 0 Å². The van der Waals surface area contributed by atoms with E-state index in [1.807, 2.05) is 36.3 Å². The molecular formula is C26H28N8O3. The lowest BCUT2D eigenvalue weighted by Gasteiger charge is -2.39. The van der Waals surface area contributed by atoms with Crippen molar-refractivity contribution in [3.05, 3.63) is 48.0 Å². The predicted octanol–water partition coefficient (Wildman–Crippen LogP) is 2.21. The van der Waals surface area contributed by atoms with E-state index in [1.165, 1.54) is 11.4 Å². The Morgan fingerprint density at radius 1 is 1.11 bits per heavy atom. The van der Waals surface area contributed by atoms with E-state index in [9.17, 15) is 14.7 Å². The molecule has 2 fully saturated rings. The number of fused-ring (bicyclic) bond motifs is 3.